The third kappa shape index (κ3) is 4.88. The molecule has 0 aliphatic heterocycles. The molecule has 5 nitrogen and oxygen atoms in total. The molecule has 150 valence electrons. The zero-order chi connectivity index (χ0) is 20.9. The Balaban J connectivity index is 2.46. The third-order valence-corrected chi connectivity index (χ3v) is 6.78. The molecule has 0 radical (unpaired) electrons. The molecular weight excluding hydrogens is 374 g/mol. The minimum absolute atomic E-state index is 0.0558. The first kappa shape index (κ1) is 21.9. The average molecular weight is 402 g/mol. The van der Waals surface area contributed by atoms with Gasteiger partial charge in [-0.25, -0.2) is 8.42 Å². The number of ether oxygens (including phenoxy) is 1. The molecule has 0 bridgehead atoms. The van der Waals surface area contributed by atoms with Crippen molar-refractivity contribution in [3.63, 3.8) is 0 Å². The van der Waals surface area contributed by atoms with E-state index in [-0.39, 0.29) is 11.4 Å². The van der Waals surface area contributed by atoms with Gasteiger partial charge in [0.15, 0.2) is 0 Å². The van der Waals surface area contributed by atoms with Gasteiger partial charge in [0.2, 0.25) is 10.0 Å². The second-order valence-electron chi connectivity index (χ2n) is 6.81. The lowest BCUT2D eigenvalue weighted by atomic mass is 10.1. The van der Waals surface area contributed by atoms with E-state index in [2.05, 4.69) is 0 Å². The van der Waals surface area contributed by atoms with E-state index in [1.54, 1.807) is 26.8 Å². The van der Waals surface area contributed by atoms with E-state index in [1.807, 2.05) is 55.5 Å². The second-order valence-corrected chi connectivity index (χ2v) is 8.64. The van der Waals surface area contributed by atoms with Crippen molar-refractivity contribution < 1.29 is 17.9 Å². The Morgan fingerprint density at radius 1 is 1.11 bits per heavy atom. The van der Waals surface area contributed by atoms with Crippen LogP contribution in [-0.4, -0.2) is 38.4 Å². The number of carbonyl (C=O) groups excluding carboxylic acids is 1. The SMILES string of the molecule is COC(=O)[C@H](C)N(C/C=C/c1ccccc1)S(=O)(=O)c1c(C)cc(C)cc1C. The highest BCUT2D eigenvalue weighted by Crippen LogP contribution is 2.27. The fraction of sp³-hybridized carbons (Fsp3) is 0.318. The Hall–Kier alpha value is -2.44. The van der Waals surface area contributed by atoms with Crippen molar-refractivity contribution in [3.05, 3.63) is 70.8 Å². The summed E-state index contributed by atoms with van der Waals surface area (Å²) < 4.78 is 32.9. The molecule has 2 aromatic carbocycles. The first-order chi connectivity index (χ1) is 13.2. The van der Waals surface area contributed by atoms with E-state index in [0.717, 1.165) is 11.1 Å². The van der Waals surface area contributed by atoms with Crippen LogP contribution in [0.5, 0.6) is 0 Å². The Morgan fingerprint density at radius 3 is 2.21 bits per heavy atom. The summed E-state index contributed by atoms with van der Waals surface area (Å²) in [4.78, 5) is 12.4. The lowest BCUT2D eigenvalue weighted by Gasteiger charge is -2.27. The second kappa shape index (κ2) is 9.17. The van der Waals surface area contributed by atoms with Crippen LogP contribution in [0.3, 0.4) is 0 Å². The first-order valence-corrected chi connectivity index (χ1v) is 10.5. The number of hydrogen-bond acceptors (Lipinski definition) is 4. The maximum Gasteiger partial charge on any atom is 0.323 e. The highest BCUT2D eigenvalue weighted by molar-refractivity contribution is 7.89. The van der Waals surface area contributed by atoms with Gasteiger partial charge in [0.05, 0.1) is 12.0 Å². The van der Waals surface area contributed by atoms with Crippen molar-refractivity contribution in [3.8, 4) is 0 Å². The zero-order valence-electron chi connectivity index (χ0n) is 17.0. The van der Waals surface area contributed by atoms with E-state index >= 15 is 0 Å². The van der Waals surface area contributed by atoms with Crippen LogP contribution in [0, 0.1) is 20.8 Å². The molecule has 1 atom stereocenters. The van der Waals surface area contributed by atoms with Crippen LogP contribution >= 0.6 is 0 Å². The van der Waals surface area contributed by atoms with E-state index < -0.39 is 22.0 Å². The van der Waals surface area contributed by atoms with Crippen molar-refractivity contribution in [2.45, 2.75) is 38.6 Å². The van der Waals surface area contributed by atoms with Crippen LogP contribution in [0.25, 0.3) is 6.08 Å². The monoisotopic (exact) mass is 401 g/mol. The van der Waals surface area contributed by atoms with Crippen molar-refractivity contribution in [2.24, 2.45) is 0 Å². The molecule has 2 aromatic rings. The normalized spacial score (nSPS) is 13.1. The maximum absolute atomic E-state index is 13.5. The fourth-order valence-electron chi connectivity index (χ4n) is 3.30. The number of carbonyl (C=O) groups is 1. The number of rotatable bonds is 7. The van der Waals surface area contributed by atoms with Gasteiger partial charge in [-0.2, -0.15) is 4.31 Å². The van der Waals surface area contributed by atoms with E-state index in [4.69, 9.17) is 4.74 Å². The van der Waals surface area contributed by atoms with Gasteiger partial charge >= 0.3 is 5.97 Å². The summed E-state index contributed by atoms with van der Waals surface area (Å²) in [5.74, 6) is -0.598. The highest BCUT2D eigenvalue weighted by Gasteiger charge is 2.34. The molecule has 0 heterocycles. The lowest BCUT2D eigenvalue weighted by molar-refractivity contribution is -0.144. The van der Waals surface area contributed by atoms with Crippen LogP contribution in [0.15, 0.2) is 53.4 Å². The molecule has 28 heavy (non-hydrogen) atoms. The molecule has 0 aliphatic rings. The van der Waals surface area contributed by atoms with E-state index in [0.29, 0.717) is 11.1 Å². The van der Waals surface area contributed by atoms with Gasteiger partial charge in [-0.1, -0.05) is 60.2 Å². The summed E-state index contributed by atoms with van der Waals surface area (Å²) in [6.45, 7) is 7.06. The summed E-state index contributed by atoms with van der Waals surface area (Å²) in [7, 11) is -2.65. The molecule has 0 aromatic heterocycles. The number of benzene rings is 2. The maximum atomic E-state index is 13.5. The molecule has 0 saturated carbocycles. The summed E-state index contributed by atoms with van der Waals surface area (Å²) in [6.07, 6.45) is 3.58. The smallest absolute Gasteiger partial charge is 0.323 e. The zero-order valence-corrected chi connectivity index (χ0v) is 17.8. The number of nitrogens with zero attached hydrogens (tertiary/aromatic N) is 1. The van der Waals surface area contributed by atoms with Gasteiger partial charge < -0.3 is 4.74 Å². The molecular formula is C22H27NO4S. The first-order valence-electron chi connectivity index (χ1n) is 9.07. The molecule has 0 aliphatic carbocycles. The summed E-state index contributed by atoms with van der Waals surface area (Å²) in [6, 6.07) is 12.3. The van der Waals surface area contributed by atoms with Gasteiger partial charge in [0.1, 0.15) is 6.04 Å². The van der Waals surface area contributed by atoms with E-state index in [1.165, 1.54) is 11.4 Å². The minimum Gasteiger partial charge on any atom is -0.468 e. The Kier molecular flexibility index (Phi) is 7.16. The van der Waals surface area contributed by atoms with Crippen LogP contribution in [-0.2, 0) is 19.6 Å². The number of aryl methyl sites for hydroxylation is 3. The van der Waals surface area contributed by atoms with Gasteiger partial charge in [-0.15, -0.1) is 0 Å². The standard InChI is InChI=1S/C22H27NO4S/c1-16-14-17(2)21(18(3)15-16)28(25,26)23(19(4)22(24)27-5)13-9-12-20-10-7-6-8-11-20/h6-12,14-15,19H,13H2,1-5H3/b12-9+/t19-/m0/s1. The number of sulfonamides is 1. The van der Waals surface area contributed by atoms with Gasteiger partial charge in [0.25, 0.3) is 0 Å². The highest BCUT2D eigenvalue weighted by atomic mass is 32.2. The Morgan fingerprint density at radius 2 is 1.68 bits per heavy atom. The Labute approximate surface area is 167 Å². The molecule has 0 saturated heterocycles. The predicted molar refractivity (Wildman–Crippen MR) is 111 cm³/mol. The molecule has 6 heteroatoms. The summed E-state index contributed by atoms with van der Waals surface area (Å²) in [5, 5.41) is 0. The van der Waals surface area contributed by atoms with Crippen molar-refractivity contribution in [1.29, 1.82) is 0 Å². The minimum atomic E-state index is -3.91. The Bertz CT molecular complexity index is 942. The average Bonchev–Trinajstić information content (AvgIpc) is 2.63. The molecule has 0 unspecified atom stereocenters. The van der Waals surface area contributed by atoms with Gasteiger partial charge in [-0.05, 0) is 44.4 Å². The van der Waals surface area contributed by atoms with Crippen molar-refractivity contribution in [2.75, 3.05) is 13.7 Å². The quantitative estimate of drug-likeness (QED) is 0.661. The largest absolute Gasteiger partial charge is 0.468 e. The van der Waals surface area contributed by atoms with Crippen LogP contribution in [0.1, 0.15) is 29.2 Å². The molecule has 0 fully saturated rings. The molecule has 0 spiro atoms. The van der Waals surface area contributed by atoms with Gasteiger partial charge in [0, 0.05) is 6.54 Å². The summed E-state index contributed by atoms with van der Waals surface area (Å²) in [5.41, 5.74) is 3.26. The third-order valence-electron chi connectivity index (χ3n) is 4.54. The molecule has 0 amide bonds. The fourth-order valence-corrected chi connectivity index (χ4v) is 5.25. The number of hydrogen-bond donors (Lipinski definition) is 0. The topological polar surface area (TPSA) is 63.7 Å². The predicted octanol–water partition coefficient (Wildman–Crippen LogP) is 3.88. The van der Waals surface area contributed by atoms with Crippen molar-refractivity contribution >= 4 is 22.1 Å². The van der Waals surface area contributed by atoms with Crippen LogP contribution in [0.2, 0.25) is 0 Å². The molecule has 2 rings (SSSR count). The van der Waals surface area contributed by atoms with Crippen LogP contribution in [0.4, 0.5) is 0 Å². The van der Waals surface area contributed by atoms with Crippen molar-refractivity contribution in [1.82, 2.24) is 4.31 Å². The number of methoxy groups -OCH3 is 1. The van der Waals surface area contributed by atoms with Crippen LogP contribution < -0.4 is 0 Å². The van der Waals surface area contributed by atoms with E-state index in [9.17, 15) is 13.2 Å². The molecule has 0 N–H and O–H groups in total. The number of esters is 1. The van der Waals surface area contributed by atoms with Gasteiger partial charge in [-0.3, -0.25) is 4.79 Å². The lowest BCUT2D eigenvalue weighted by Crippen LogP contribution is -2.44. The summed E-state index contributed by atoms with van der Waals surface area (Å²) >= 11 is 0.